The standard InChI is InChI=1S/C24H20N6O/c31-24(26-15-23-28-21-6-1-2-7-22(21)29-23)17-4-3-5-19(14-17)27-18-8-10-20(11-9-18)30-13-12-25-16-30/h1-14,16,27H,15H2,(H,26,31)(H,28,29). The van der Waals surface area contributed by atoms with Gasteiger partial charge in [-0.2, -0.15) is 0 Å². The minimum atomic E-state index is -0.153. The number of carbonyl (C=O) groups is 1. The van der Waals surface area contributed by atoms with Gasteiger partial charge in [-0.05, 0) is 54.6 Å². The molecule has 152 valence electrons. The number of aromatic amines is 1. The van der Waals surface area contributed by atoms with Crippen molar-refractivity contribution in [1.82, 2.24) is 24.8 Å². The van der Waals surface area contributed by atoms with E-state index in [1.165, 1.54) is 0 Å². The Kier molecular flexibility index (Phi) is 4.90. The second-order valence-electron chi connectivity index (χ2n) is 7.11. The number of rotatable bonds is 6. The third-order valence-electron chi connectivity index (χ3n) is 4.94. The topological polar surface area (TPSA) is 87.6 Å². The Morgan fingerprint density at radius 1 is 0.968 bits per heavy atom. The molecule has 0 fully saturated rings. The van der Waals surface area contributed by atoms with E-state index in [1.54, 1.807) is 18.6 Å². The van der Waals surface area contributed by atoms with E-state index in [9.17, 15) is 4.79 Å². The molecule has 7 heteroatoms. The molecule has 0 saturated carbocycles. The number of benzene rings is 3. The molecule has 1 amide bonds. The number of carbonyl (C=O) groups excluding carboxylic acids is 1. The lowest BCUT2D eigenvalue weighted by Crippen LogP contribution is -2.23. The van der Waals surface area contributed by atoms with Crippen LogP contribution in [0.25, 0.3) is 16.7 Å². The zero-order valence-corrected chi connectivity index (χ0v) is 16.6. The third-order valence-corrected chi connectivity index (χ3v) is 4.94. The van der Waals surface area contributed by atoms with E-state index >= 15 is 0 Å². The van der Waals surface area contributed by atoms with Crippen LogP contribution in [0.1, 0.15) is 16.2 Å². The smallest absolute Gasteiger partial charge is 0.251 e. The number of nitrogens with one attached hydrogen (secondary N) is 3. The fraction of sp³-hybridized carbons (Fsp3) is 0.0417. The van der Waals surface area contributed by atoms with Crippen molar-refractivity contribution >= 4 is 28.3 Å². The predicted molar refractivity (Wildman–Crippen MR) is 121 cm³/mol. The number of anilines is 2. The van der Waals surface area contributed by atoms with Gasteiger partial charge in [0.15, 0.2) is 0 Å². The van der Waals surface area contributed by atoms with Gasteiger partial charge in [0.1, 0.15) is 5.82 Å². The van der Waals surface area contributed by atoms with Crippen molar-refractivity contribution in [3.63, 3.8) is 0 Å². The number of amides is 1. The van der Waals surface area contributed by atoms with Gasteiger partial charge in [0.2, 0.25) is 0 Å². The van der Waals surface area contributed by atoms with Gasteiger partial charge in [0.05, 0.1) is 23.9 Å². The summed E-state index contributed by atoms with van der Waals surface area (Å²) in [4.78, 5) is 24.4. The molecule has 0 aliphatic carbocycles. The number of aromatic nitrogens is 4. The fourth-order valence-electron chi connectivity index (χ4n) is 3.39. The van der Waals surface area contributed by atoms with Crippen molar-refractivity contribution < 1.29 is 4.79 Å². The average Bonchev–Trinajstić information content (AvgIpc) is 3.48. The summed E-state index contributed by atoms with van der Waals surface area (Å²) in [6.07, 6.45) is 5.41. The van der Waals surface area contributed by atoms with E-state index in [4.69, 9.17) is 0 Å². The van der Waals surface area contributed by atoms with Crippen LogP contribution in [0.3, 0.4) is 0 Å². The summed E-state index contributed by atoms with van der Waals surface area (Å²) in [5.41, 5.74) is 5.22. The van der Waals surface area contributed by atoms with Gasteiger partial charge in [0.25, 0.3) is 5.91 Å². The zero-order valence-electron chi connectivity index (χ0n) is 16.6. The summed E-state index contributed by atoms with van der Waals surface area (Å²) in [5.74, 6) is 0.571. The molecule has 0 aliphatic rings. The number of H-pyrrole nitrogens is 1. The molecular formula is C24H20N6O. The molecule has 3 aromatic carbocycles. The highest BCUT2D eigenvalue weighted by Crippen LogP contribution is 2.20. The molecule has 3 N–H and O–H groups in total. The van der Waals surface area contributed by atoms with Gasteiger partial charge < -0.3 is 20.2 Å². The molecule has 0 unspecified atom stereocenters. The monoisotopic (exact) mass is 408 g/mol. The van der Waals surface area contributed by atoms with Crippen molar-refractivity contribution in [2.24, 2.45) is 0 Å². The van der Waals surface area contributed by atoms with Crippen LogP contribution in [-0.4, -0.2) is 25.4 Å². The number of para-hydroxylation sites is 2. The first-order valence-corrected chi connectivity index (χ1v) is 9.92. The molecule has 7 nitrogen and oxygen atoms in total. The molecule has 31 heavy (non-hydrogen) atoms. The third kappa shape index (κ3) is 4.16. The highest BCUT2D eigenvalue weighted by Gasteiger charge is 2.08. The van der Waals surface area contributed by atoms with Gasteiger partial charge in [-0.1, -0.05) is 18.2 Å². The fourth-order valence-corrected chi connectivity index (χ4v) is 3.39. The van der Waals surface area contributed by atoms with Crippen molar-refractivity contribution in [2.75, 3.05) is 5.32 Å². The second-order valence-corrected chi connectivity index (χ2v) is 7.11. The molecule has 2 heterocycles. The largest absolute Gasteiger partial charge is 0.356 e. The van der Waals surface area contributed by atoms with Gasteiger partial charge in [-0.25, -0.2) is 9.97 Å². The lowest BCUT2D eigenvalue weighted by molar-refractivity contribution is 0.0950. The van der Waals surface area contributed by atoms with Gasteiger partial charge >= 0.3 is 0 Å². The van der Waals surface area contributed by atoms with Crippen LogP contribution in [0.15, 0.2) is 91.5 Å². The molecule has 2 aromatic heterocycles. The van der Waals surface area contributed by atoms with Gasteiger partial charge in [-0.3, -0.25) is 4.79 Å². The summed E-state index contributed by atoms with van der Waals surface area (Å²) < 4.78 is 1.94. The Hall–Kier alpha value is -4.39. The van der Waals surface area contributed by atoms with Crippen molar-refractivity contribution in [2.45, 2.75) is 6.54 Å². The quantitative estimate of drug-likeness (QED) is 0.388. The minimum absolute atomic E-state index is 0.153. The zero-order chi connectivity index (χ0) is 21.0. The Morgan fingerprint density at radius 2 is 1.84 bits per heavy atom. The lowest BCUT2D eigenvalue weighted by atomic mass is 10.1. The van der Waals surface area contributed by atoms with E-state index in [1.807, 2.05) is 77.5 Å². The molecule has 0 bridgehead atoms. The van der Waals surface area contributed by atoms with Crippen LogP contribution in [0.5, 0.6) is 0 Å². The summed E-state index contributed by atoms with van der Waals surface area (Å²) >= 11 is 0. The number of fused-ring (bicyclic) bond motifs is 1. The molecule has 0 aliphatic heterocycles. The van der Waals surface area contributed by atoms with Gasteiger partial charge in [-0.15, -0.1) is 0 Å². The maximum atomic E-state index is 12.6. The van der Waals surface area contributed by atoms with Crippen LogP contribution in [-0.2, 0) is 6.54 Å². The molecule has 5 aromatic rings. The van der Waals surface area contributed by atoms with Crippen LogP contribution in [0.2, 0.25) is 0 Å². The summed E-state index contributed by atoms with van der Waals surface area (Å²) in [6.45, 7) is 0.334. The Bertz CT molecular complexity index is 1290. The first kappa shape index (κ1) is 18.6. The normalized spacial score (nSPS) is 10.8. The molecule has 0 spiro atoms. The molecule has 0 radical (unpaired) electrons. The SMILES string of the molecule is O=C(NCc1nc2ccccc2[nH]1)c1cccc(Nc2ccc(-n3ccnc3)cc2)c1. The Morgan fingerprint density at radius 3 is 2.65 bits per heavy atom. The molecular weight excluding hydrogens is 388 g/mol. The minimum Gasteiger partial charge on any atom is -0.356 e. The van der Waals surface area contributed by atoms with Crippen molar-refractivity contribution in [3.05, 3.63) is 103 Å². The number of nitrogens with zero attached hydrogens (tertiary/aromatic N) is 3. The number of hydrogen-bond acceptors (Lipinski definition) is 4. The van der Waals surface area contributed by atoms with E-state index in [0.717, 1.165) is 33.9 Å². The van der Waals surface area contributed by atoms with Crippen molar-refractivity contribution in [3.8, 4) is 5.69 Å². The Labute approximate surface area is 178 Å². The molecule has 5 rings (SSSR count). The molecule has 0 atom stereocenters. The lowest BCUT2D eigenvalue weighted by Gasteiger charge is -2.10. The highest BCUT2D eigenvalue weighted by atomic mass is 16.1. The van der Waals surface area contributed by atoms with Crippen molar-refractivity contribution in [1.29, 1.82) is 0 Å². The first-order valence-electron chi connectivity index (χ1n) is 9.92. The maximum absolute atomic E-state index is 12.6. The van der Waals surface area contributed by atoms with Crippen LogP contribution in [0.4, 0.5) is 11.4 Å². The maximum Gasteiger partial charge on any atom is 0.251 e. The van der Waals surface area contributed by atoms with E-state index in [-0.39, 0.29) is 5.91 Å². The second kappa shape index (κ2) is 8.16. The van der Waals surface area contributed by atoms with E-state index in [0.29, 0.717) is 12.1 Å². The van der Waals surface area contributed by atoms with E-state index in [2.05, 4.69) is 25.6 Å². The molecule has 0 saturated heterocycles. The highest BCUT2D eigenvalue weighted by molar-refractivity contribution is 5.95. The summed E-state index contributed by atoms with van der Waals surface area (Å²) in [6, 6.07) is 23.2. The average molecular weight is 408 g/mol. The van der Waals surface area contributed by atoms with Crippen LogP contribution in [0, 0.1) is 0 Å². The summed E-state index contributed by atoms with van der Waals surface area (Å²) in [7, 11) is 0. The van der Waals surface area contributed by atoms with Crippen LogP contribution < -0.4 is 10.6 Å². The first-order chi connectivity index (χ1) is 15.2. The van der Waals surface area contributed by atoms with E-state index < -0.39 is 0 Å². The number of imidazole rings is 2. The van der Waals surface area contributed by atoms with Gasteiger partial charge in [0, 0.05) is 35.0 Å². The van der Waals surface area contributed by atoms with Crippen LogP contribution >= 0.6 is 0 Å². The Balaban J connectivity index is 1.24. The number of hydrogen-bond donors (Lipinski definition) is 3. The summed E-state index contributed by atoms with van der Waals surface area (Å²) in [5, 5.41) is 6.26. The predicted octanol–water partition coefficient (Wildman–Crippen LogP) is 4.42.